The number of nitrogens with zero attached hydrogens (tertiary/aromatic N) is 3. The van der Waals surface area contributed by atoms with Crippen molar-refractivity contribution in [3.05, 3.63) is 52.3 Å². The SMILES string of the molecule is COc1ccc2c(c1)c(C(C(=O)O)N1CCN(Cc3cccs3)CC1)cn2CC(=O)O. The maximum absolute atomic E-state index is 12.4. The van der Waals surface area contributed by atoms with E-state index in [1.165, 1.54) is 4.88 Å². The molecule has 164 valence electrons. The van der Waals surface area contributed by atoms with E-state index in [0.29, 0.717) is 35.3 Å². The molecule has 0 spiro atoms. The molecule has 0 radical (unpaired) electrons. The Labute approximate surface area is 183 Å². The second-order valence-corrected chi connectivity index (χ2v) is 8.65. The van der Waals surface area contributed by atoms with E-state index in [1.807, 2.05) is 11.0 Å². The molecule has 3 heterocycles. The average molecular weight is 444 g/mol. The summed E-state index contributed by atoms with van der Waals surface area (Å²) in [5.74, 6) is -1.32. The standard InChI is InChI=1S/C22H25N3O5S/c1-30-15-4-5-19-17(11-15)18(13-25(19)14-20(26)27)21(22(28)29)24-8-6-23(7-9-24)12-16-3-2-10-31-16/h2-5,10-11,13,21H,6-9,12,14H2,1H3,(H,26,27)(H,28,29). The fourth-order valence-corrected chi connectivity index (χ4v) is 4.96. The number of fused-ring (bicyclic) bond motifs is 1. The number of carboxylic acids is 2. The van der Waals surface area contributed by atoms with E-state index >= 15 is 0 Å². The molecule has 0 bridgehead atoms. The highest BCUT2D eigenvalue weighted by molar-refractivity contribution is 7.09. The first-order valence-electron chi connectivity index (χ1n) is 10.1. The zero-order valence-corrected chi connectivity index (χ0v) is 18.0. The van der Waals surface area contributed by atoms with Crippen molar-refractivity contribution in [2.45, 2.75) is 19.1 Å². The quantitative estimate of drug-likeness (QED) is 0.553. The van der Waals surface area contributed by atoms with Gasteiger partial charge in [-0.15, -0.1) is 11.3 Å². The van der Waals surface area contributed by atoms with Crippen molar-refractivity contribution in [2.75, 3.05) is 33.3 Å². The first kappa shape index (κ1) is 21.4. The van der Waals surface area contributed by atoms with Crippen molar-refractivity contribution >= 4 is 34.2 Å². The van der Waals surface area contributed by atoms with Gasteiger partial charge in [0, 0.05) is 60.3 Å². The molecule has 9 heteroatoms. The fourth-order valence-electron chi connectivity index (χ4n) is 4.21. The smallest absolute Gasteiger partial charge is 0.325 e. The molecule has 1 fully saturated rings. The maximum Gasteiger partial charge on any atom is 0.325 e. The fraction of sp³-hybridized carbons (Fsp3) is 0.364. The van der Waals surface area contributed by atoms with Crippen LogP contribution in [0.4, 0.5) is 0 Å². The first-order chi connectivity index (χ1) is 15.0. The Hall–Kier alpha value is -2.88. The molecule has 1 unspecified atom stereocenters. The molecule has 1 aliphatic rings. The van der Waals surface area contributed by atoms with Crippen LogP contribution < -0.4 is 4.74 Å². The van der Waals surface area contributed by atoms with E-state index in [0.717, 1.165) is 19.6 Å². The van der Waals surface area contributed by atoms with E-state index in [-0.39, 0.29) is 6.54 Å². The summed E-state index contributed by atoms with van der Waals surface area (Å²) in [7, 11) is 1.55. The third-order valence-corrected chi connectivity index (χ3v) is 6.55. The van der Waals surface area contributed by atoms with Gasteiger partial charge in [-0.25, -0.2) is 0 Å². The number of aromatic nitrogens is 1. The molecular weight excluding hydrogens is 418 g/mol. The Morgan fingerprint density at radius 2 is 1.94 bits per heavy atom. The minimum absolute atomic E-state index is 0.232. The van der Waals surface area contributed by atoms with Gasteiger partial charge in [-0.1, -0.05) is 6.07 Å². The molecule has 1 atom stereocenters. The topological polar surface area (TPSA) is 95.2 Å². The highest BCUT2D eigenvalue weighted by atomic mass is 32.1. The van der Waals surface area contributed by atoms with Gasteiger partial charge in [-0.05, 0) is 29.6 Å². The van der Waals surface area contributed by atoms with Crippen molar-refractivity contribution < 1.29 is 24.5 Å². The van der Waals surface area contributed by atoms with Gasteiger partial charge in [0.15, 0.2) is 0 Å². The highest BCUT2D eigenvalue weighted by Gasteiger charge is 2.33. The number of carbonyl (C=O) groups is 2. The molecular formula is C22H25N3O5S. The van der Waals surface area contributed by atoms with Crippen LogP contribution in [0.1, 0.15) is 16.5 Å². The summed E-state index contributed by atoms with van der Waals surface area (Å²) in [5, 5.41) is 22.2. The summed E-state index contributed by atoms with van der Waals surface area (Å²) >= 11 is 1.73. The molecule has 0 amide bonds. The summed E-state index contributed by atoms with van der Waals surface area (Å²) in [5.41, 5.74) is 1.27. The van der Waals surface area contributed by atoms with Gasteiger partial charge >= 0.3 is 11.9 Å². The van der Waals surface area contributed by atoms with Gasteiger partial charge in [0.1, 0.15) is 18.3 Å². The molecule has 31 heavy (non-hydrogen) atoms. The lowest BCUT2D eigenvalue weighted by molar-refractivity contribution is -0.144. The van der Waals surface area contributed by atoms with Gasteiger partial charge in [-0.3, -0.25) is 19.4 Å². The molecule has 4 rings (SSSR count). The number of benzene rings is 1. The van der Waals surface area contributed by atoms with Crippen molar-refractivity contribution in [2.24, 2.45) is 0 Å². The Balaban J connectivity index is 1.62. The highest BCUT2D eigenvalue weighted by Crippen LogP contribution is 2.33. The van der Waals surface area contributed by atoms with E-state index in [9.17, 15) is 19.8 Å². The van der Waals surface area contributed by atoms with Crippen LogP contribution in [0, 0.1) is 0 Å². The number of hydrogen-bond donors (Lipinski definition) is 2. The van der Waals surface area contributed by atoms with Crippen LogP contribution >= 0.6 is 11.3 Å². The van der Waals surface area contributed by atoms with Gasteiger partial charge in [-0.2, -0.15) is 0 Å². The monoisotopic (exact) mass is 443 g/mol. The van der Waals surface area contributed by atoms with Gasteiger partial charge in [0.25, 0.3) is 0 Å². The van der Waals surface area contributed by atoms with Crippen LogP contribution in [-0.4, -0.2) is 69.8 Å². The normalized spacial score (nSPS) is 16.4. The number of piperazine rings is 1. The van der Waals surface area contributed by atoms with Crippen LogP contribution in [0.5, 0.6) is 5.75 Å². The Morgan fingerprint density at radius 3 is 2.55 bits per heavy atom. The molecule has 8 nitrogen and oxygen atoms in total. The lowest BCUT2D eigenvalue weighted by Crippen LogP contribution is -2.48. The third-order valence-electron chi connectivity index (χ3n) is 5.68. The lowest BCUT2D eigenvalue weighted by atomic mass is 10.0. The second kappa shape index (κ2) is 9.09. The number of thiophene rings is 1. The van der Waals surface area contributed by atoms with Crippen molar-refractivity contribution in [1.82, 2.24) is 14.4 Å². The Kier molecular flexibility index (Phi) is 6.26. The molecule has 1 aliphatic heterocycles. The number of ether oxygens (including phenoxy) is 1. The molecule has 2 aromatic heterocycles. The molecule has 0 aliphatic carbocycles. The predicted octanol–water partition coefficient (Wildman–Crippen LogP) is 2.74. The van der Waals surface area contributed by atoms with Crippen LogP contribution in [0.25, 0.3) is 10.9 Å². The Bertz CT molecular complexity index is 1070. The zero-order chi connectivity index (χ0) is 22.0. The summed E-state index contributed by atoms with van der Waals surface area (Å²) in [4.78, 5) is 29.3. The molecule has 1 aromatic carbocycles. The van der Waals surface area contributed by atoms with Gasteiger partial charge < -0.3 is 19.5 Å². The van der Waals surface area contributed by atoms with E-state index in [2.05, 4.69) is 16.3 Å². The third kappa shape index (κ3) is 4.58. The van der Waals surface area contributed by atoms with E-state index in [1.54, 1.807) is 47.4 Å². The lowest BCUT2D eigenvalue weighted by Gasteiger charge is -2.37. The molecule has 2 N–H and O–H groups in total. The minimum Gasteiger partial charge on any atom is -0.497 e. The summed E-state index contributed by atoms with van der Waals surface area (Å²) < 4.78 is 6.92. The van der Waals surface area contributed by atoms with Crippen molar-refractivity contribution in [3.63, 3.8) is 0 Å². The van der Waals surface area contributed by atoms with Crippen molar-refractivity contribution in [1.29, 1.82) is 0 Å². The summed E-state index contributed by atoms with van der Waals surface area (Å²) in [6, 6.07) is 8.61. The average Bonchev–Trinajstić information content (AvgIpc) is 3.37. The van der Waals surface area contributed by atoms with Crippen LogP contribution in [0.2, 0.25) is 0 Å². The molecule has 1 saturated heterocycles. The predicted molar refractivity (Wildman–Crippen MR) is 118 cm³/mol. The summed E-state index contributed by atoms with van der Waals surface area (Å²) in [6.07, 6.45) is 1.66. The maximum atomic E-state index is 12.4. The minimum atomic E-state index is -0.978. The van der Waals surface area contributed by atoms with Crippen LogP contribution in [0.3, 0.4) is 0 Å². The molecule has 3 aromatic rings. The van der Waals surface area contributed by atoms with Gasteiger partial charge in [0.05, 0.1) is 7.11 Å². The number of aliphatic carboxylic acids is 2. The second-order valence-electron chi connectivity index (χ2n) is 7.62. The summed E-state index contributed by atoms with van der Waals surface area (Å²) in [6.45, 7) is 3.44. The van der Waals surface area contributed by atoms with Crippen LogP contribution in [-0.2, 0) is 22.7 Å². The van der Waals surface area contributed by atoms with Crippen molar-refractivity contribution in [3.8, 4) is 5.75 Å². The van der Waals surface area contributed by atoms with Gasteiger partial charge in [0.2, 0.25) is 0 Å². The largest absolute Gasteiger partial charge is 0.497 e. The van der Waals surface area contributed by atoms with E-state index < -0.39 is 18.0 Å². The first-order valence-corrected chi connectivity index (χ1v) is 10.9. The number of carboxylic acid groups (broad SMARTS) is 2. The van der Waals surface area contributed by atoms with Crippen LogP contribution in [0.15, 0.2) is 41.9 Å². The zero-order valence-electron chi connectivity index (χ0n) is 17.2. The number of rotatable bonds is 8. The number of methoxy groups -OCH3 is 1. The Morgan fingerprint density at radius 1 is 1.16 bits per heavy atom. The molecule has 0 saturated carbocycles. The number of hydrogen-bond acceptors (Lipinski definition) is 6. The van der Waals surface area contributed by atoms with E-state index in [4.69, 9.17) is 4.74 Å².